The van der Waals surface area contributed by atoms with Crippen LogP contribution < -0.4 is 4.57 Å². The molecule has 2 aromatic carbocycles. The van der Waals surface area contributed by atoms with Gasteiger partial charge in [-0.1, -0.05) is 30.3 Å². The van der Waals surface area contributed by atoms with E-state index < -0.39 is 0 Å². The van der Waals surface area contributed by atoms with Gasteiger partial charge in [0.1, 0.15) is 0 Å². The Morgan fingerprint density at radius 1 is 1.00 bits per heavy atom. The lowest BCUT2D eigenvalue weighted by atomic mass is 9.99. The summed E-state index contributed by atoms with van der Waals surface area (Å²) in [6.45, 7) is 11.8. The summed E-state index contributed by atoms with van der Waals surface area (Å²) in [5.41, 5.74) is 6.27. The summed E-state index contributed by atoms with van der Waals surface area (Å²) in [5, 5.41) is 2.42. The van der Waals surface area contributed by atoms with Crippen molar-refractivity contribution in [1.82, 2.24) is 4.57 Å². The van der Waals surface area contributed by atoms with E-state index in [0.717, 1.165) is 22.6 Å². The third kappa shape index (κ3) is 2.48. The van der Waals surface area contributed by atoms with Crippen LogP contribution in [0.15, 0.2) is 67.0 Å². The van der Waals surface area contributed by atoms with Crippen molar-refractivity contribution >= 4 is 16.5 Å². The Hall–Kier alpha value is -3.38. The molecule has 126 valence electrons. The SMILES string of the molecule is [C-]#[N+]c1cc(-c2c3ccccc3cn2C)c(C)c(-[n+]2ccccc2C)c1. The van der Waals surface area contributed by atoms with Crippen molar-refractivity contribution in [1.29, 1.82) is 0 Å². The number of aromatic nitrogens is 2. The summed E-state index contributed by atoms with van der Waals surface area (Å²) in [6, 6.07) is 18.5. The summed E-state index contributed by atoms with van der Waals surface area (Å²) in [4.78, 5) is 3.74. The quantitative estimate of drug-likeness (QED) is 0.348. The van der Waals surface area contributed by atoms with E-state index in [4.69, 9.17) is 6.57 Å². The third-order valence-corrected chi connectivity index (χ3v) is 4.97. The molecule has 3 nitrogen and oxygen atoms in total. The smallest absolute Gasteiger partial charge is 0.204 e. The second-order valence-corrected chi connectivity index (χ2v) is 6.64. The van der Waals surface area contributed by atoms with Crippen LogP contribution in [0.2, 0.25) is 0 Å². The first kappa shape index (κ1) is 16.1. The van der Waals surface area contributed by atoms with Gasteiger partial charge in [-0.15, -0.1) is 0 Å². The Bertz CT molecular complexity index is 1180. The molecule has 3 heteroatoms. The zero-order valence-corrected chi connectivity index (χ0v) is 15.2. The van der Waals surface area contributed by atoms with Crippen molar-refractivity contribution < 1.29 is 4.57 Å². The van der Waals surface area contributed by atoms with Crippen LogP contribution in [0.3, 0.4) is 0 Å². The lowest BCUT2D eigenvalue weighted by molar-refractivity contribution is -0.603. The highest BCUT2D eigenvalue weighted by atomic mass is 15.0. The van der Waals surface area contributed by atoms with E-state index in [-0.39, 0.29) is 0 Å². The molecule has 0 saturated carbocycles. The predicted molar refractivity (Wildman–Crippen MR) is 106 cm³/mol. The number of hydrogen-bond acceptors (Lipinski definition) is 0. The van der Waals surface area contributed by atoms with Gasteiger partial charge in [-0.05, 0) is 23.9 Å². The fourth-order valence-corrected chi connectivity index (χ4v) is 3.67. The maximum Gasteiger partial charge on any atom is 0.204 e. The lowest BCUT2D eigenvalue weighted by Crippen LogP contribution is -2.34. The van der Waals surface area contributed by atoms with E-state index >= 15 is 0 Å². The number of rotatable bonds is 2. The molecular weight excluding hydrogens is 318 g/mol. The first-order valence-electron chi connectivity index (χ1n) is 8.64. The molecular formula is C23H20N3+. The van der Waals surface area contributed by atoms with Gasteiger partial charge in [-0.2, -0.15) is 4.57 Å². The van der Waals surface area contributed by atoms with Gasteiger partial charge in [-0.25, -0.2) is 4.85 Å². The summed E-state index contributed by atoms with van der Waals surface area (Å²) in [6.07, 6.45) is 4.20. The maximum atomic E-state index is 7.57. The van der Waals surface area contributed by atoms with Crippen LogP contribution in [0.5, 0.6) is 0 Å². The predicted octanol–water partition coefficient (Wildman–Crippen LogP) is 5.29. The molecule has 0 aliphatic rings. The fraction of sp³-hybridized carbons (Fsp3) is 0.130. The van der Waals surface area contributed by atoms with E-state index in [1.807, 2.05) is 24.3 Å². The van der Waals surface area contributed by atoms with Crippen LogP contribution in [-0.4, -0.2) is 4.57 Å². The van der Waals surface area contributed by atoms with Crippen LogP contribution in [0.1, 0.15) is 11.3 Å². The number of nitrogens with zero attached hydrogens (tertiary/aromatic N) is 3. The molecule has 2 heterocycles. The highest BCUT2D eigenvalue weighted by Gasteiger charge is 2.20. The van der Waals surface area contributed by atoms with Crippen molar-refractivity contribution in [2.24, 2.45) is 7.05 Å². The molecule has 0 amide bonds. The van der Waals surface area contributed by atoms with Gasteiger partial charge in [-0.3, -0.25) is 0 Å². The molecule has 0 spiro atoms. The van der Waals surface area contributed by atoms with Gasteiger partial charge in [0.05, 0.1) is 12.3 Å². The monoisotopic (exact) mass is 338 g/mol. The Kier molecular flexibility index (Phi) is 3.82. The van der Waals surface area contributed by atoms with Gasteiger partial charge < -0.3 is 4.57 Å². The van der Waals surface area contributed by atoms with Crippen LogP contribution in [0, 0.1) is 20.4 Å². The summed E-state index contributed by atoms with van der Waals surface area (Å²) in [7, 11) is 2.07. The van der Waals surface area contributed by atoms with Gasteiger partial charge in [0, 0.05) is 49.3 Å². The molecule has 4 rings (SSSR count). The summed E-state index contributed by atoms with van der Waals surface area (Å²) >= 11 is 0. The molecule has 0 N–H and O–H groups in total. The molecule has 4 aromatic rings. The van der Waals surface area contributed by atoms with Gasteiger partial charge in [0.25, 0.3) is 0 Å². The van der Waals surface area contributed by atoms with Crippen LogP contribution in [0.25, 0.3) is 32.6 Å². The first-order valence-corrected chi connectivity index (χ1v) is 8.64. The number of benzene rings is 2. The van der Waals surface area contributed by atoms with Crippen molar-refractivity contribution in [2.45, 2.75) is 13.8 Å². The number of aryl methyl sites for hydroxylation is 2. The molecule has 0 unspecified atom stereocenters. The topological polar surface area (TPSA) is 13.2 Å². The van der Waals surface area contributed by atoms with Crippen molar-refractivity contribution in [3.8, 4) is 16.9 Å². The van der Waals surface area contributed by atoms with Gasteiger partial charge in [0.15, 0.2) is 17.6 Å². The van der Waals surface area contributed by atoms with E-state index in [1.165, 1.54) is 16.3 Å². The zero-order chi connectivity index (χ0) is 18.3. The minimum absolute atomic E-state index is 0.654. The van der Waals surface area contributed by atoms with E-state index in [0.29, 0.717) is 5.69 Å². The first-order chi connectivity index (χ1) is 12.6. The van der Waals surface area contributed by atoms with Gasteiger partial charge >= 0.3 is 0 Å². The minimum atomic E-state index is 0.654. The van der Waals surface area contributed by atoms with Crippen molar-refractivity contribution in [3.63, 3.8) is 0 Å². The zero-order valence-electron chi connectivity index (χ0n) is 15.2. The second kappa shape index (κ2) is 6.16. The number of fused-ring (bicyclic) bond motifs is 1. The van der Waals surface area contributed by atoms with Gasteiger partial charge in [0.2, 0.25) is 5.69 Å². The van der Waals surface area contributed by atoms with Crippen LogP contribution in [-0.2, 0) is 7.05 Å². The number of pyridine rings is 1. The second-order valence-electron chi connectivity index (χ2n) is 6.64. The summed E-state index contributed by atoms with van der Waals surface area (Å²) < 4.78 is 4.31. The average molecular weight is 338 g/mol. The molecule has 0 aliphatic heterocycles. The maximum absolute atomic E-state index is 7.57. The average Bonchev–Trinajstić information content (AvgIpc) is 2.98. The Labute approximate surface area is 153 Å². The highest BCUT2D eigenvalue weighted by molar-refractivity contribution is 5.97. The molecule has 0 fully saturated rings. The number of hydrogen-bond donors (Lipinski definition) is 0. The Morgan fingerprint density at radius 2 is 1.77 bits per heavy atom. The van der Waals surface area contributed by atoms with E-state index in [9.17, 15) is 0 Å². The largest absolute Gasteiger partial charge is 0.349 e. The van der Waals surface area contributed by atoms with Crippen molar-refractivity contribution in [3.05, 3.63) is 89.7 Å². The highest BCUT2D eigenvalue weighted by Crippen LogP contribution is 2.36. The lowest BCUT2D eigenvalue weighted by Gasteiger charge is -2.12. The normalized spacial score (nSPS) is 10.8. The molecule has 0 atom stereocenters. The fourth-order valence-electron chi connectivity index (χ4n) is 3.67. The Morgan fingerprint density at radius 3 is 2.54 bits per heavy atom. The van der Waals surface area contributed by atoms with Crippen molar-refractivity contribution in [2.75, 3.05) is 0 Å². The van der Waals surface area contributed by atoms with Crippen LogP contribution in [0.4, 0.5) is 5.69 Å². The molecule has 0 aliphatic carbocycles. The summed E-state index contributed by atoms with van der Waals surface area (Å²) in [5.74, 6) is 0. The standard InChI is InChI=1S/C23H20N3/c1-16-9-7-8-12-26(16)22-14-19(24-3)13-21(17(22)2)23-20-11-6-5-10-18(20)15-25(23)4/h5-15H,1-2,4H3/q+1. The molecule has 2 aromatic heterocycles. The molecule has 0 bridgehead atoms. The van der Waals surface area contributed by atoms with E-state index in [2.05, 4.69) is 77.6 Å². The van der Waals surface area contributed by atoms with E-state index in [1.54, 1.807) is 0 Å². The molecule has 26 heavy (non-hydrogen) atoms. The third-order valence-electron chi connectivity index (χ3n) is 4.97. The minimum Gasteiger partial charge on any atom is -0.349 e. The molecule has 0 saturated heterocycles. The Balaban J connectivity index is 2.07. The van der Waals surface area contributed by atoms with Crippen LogP contribution >= 0.6 is 0 Å². The molecule has 0 radical (unpaired) electrons.